The van der Waals surface area contributed by atoms with Crippen LogP contribution in [0.1, 0.15) is 31.2 Å². The molecule has 116 valence electrons. The number of hydrogen-bond acceptors (Lipinski definition) is 3. The van der Waals surface area contributed by atoms with Crippen molar-refractivity contribution in [3.63, 3.8) is 0 Å². The van der Waals surface area contributed by atoms with Gasteiger partial charge in [0.1, 0.15) is 5.75 Å². The minimum absolute atomic E-state index is 0.259. The zero-order chi connectivity index (χ0) is 15.0. The monoisotopic (exact) mass is 353 g/mol. The largest absolute Gasteiger partial charge is 0.497 e. The van der Waals surface area contributed by atoms with E-state index < -0.39 is 0 Å². The van der Waals surface area contributed by atoms with Gasteiger partial charge in [0.15, 0.2) is 0 Å². The number of methoxy groups -OCH3 is 1. The van der Waals surface area contributed by atoms with Crippen LogP contribution in [0.3, 0.4) is 0 Å². The molecule has 2 fully saturated rings. The number of halogens is 1. The number of fused-ring (bicyclic) bond motifs is 2. The Hall–Kier alpha value is -0.580. The minimum atomic E-state index is -0.259. The Morgan fingerprint density at radius 3 is 2.62 bits per heavy atom. The van der Waals surface area contributed by atoms with Crippen LogP contribution in [0.2, 0.25) is 0 Å². The summed E-state index contributed by atoms with van der Waals surface area (Å²) in [5.41, 5.74) is 1.13. The number of benzene rings is 1. The van der Waals surface area contributed by atoms with Crippen LogP contribution in [0.15, 0.2) is 22.7 Å². The van der Waals surface area contributed by atoms with Gasteiger partial charge in [-0.25, -0.2) is 0 Å². The molecule has 3 atom stereocenters. The summed E-state index contributed by atoms with van der Waals surface area (Å²) in [5, 5.41) is 10.7. The molecular formula is C17H24BrNO2. The third-order valence-electron chi connectivity index (χ3n) is 5.36. The zero-order valence-electron chi connectivity index (χ0n) is 12.8. The van der Waals surface area contributed by atoms with Crippen molar-refractivity contribution in [2.45, 2.75) is 50.3 Å². The summed E-state index contributed by atoms with van der Waals surface area (Å²) in [6.07, 6.45) is 5.31. The molecule has 1 aromatic rings. The van der Waals surface area contributed by atoms with E-state index in [1.165, 1.54) is 12.8 Å². The van der Waals surface area contributed by atoms with Crippen LogP contribution in [0.5, 0.6) is 5.75 Å². The first-order valence-electron chi connectivity index (χ1n) is 7.81. The average Bonchev–Trinajstić information content (AvgIpc) is 2.71. The Balaban J connectivity index is 1.68. The van der Waals surface area contributed by atoms with Crippen molar-refractivity contribution in [2.75, 3.05) is 14.2 Å². The van der Waals surface area contributed by atoms with E-state index in [1.54, 1.807) is 7.11 Å². The van der Waals surface area contributed by atoms with Gasteiger partial charge in [-0.1, -0.05) is 15.9 Å². The van der Waals surface area contributed by atoms with Crippen LogP contribution in [0.25, 0.3) is 0 Å². The lowest BCUT2D eigenvalue weighted by Gasteiger charge is -2.38. The first kappa shape index (κ1) is 15.3. The topological polar surface area (TPSA) is 32.7 Å². The van der Waals surface area contributed by atoms with E-state index in [0.29, 0.717) is 24.4 Å². The summed E-state index contributed by atoms with van der Waals surface area (Å²) in [4.78, 5) is 2.52. The van der Waals surface area contributed by atoms with E-state index in [2.05, 4.69) is 27.9 Å². The summed E-state index contributed by atoms with van der Waals surface area (Å²) in [5.74, 6) is 1.28. The molecule has 3 unspecified atom stereocenters. The van der Waals surface area contributed by atoms with Crippen LogP contribution in [0, 0.1) is 5.92 Å². The molecule has 0 saturated carbocycles. The number of nitrogens with zero attached hydrogens (tertiary/aromatic N) is 1. The van der Waals surface area contributed by atoms with Crippen LogP contribution in [-0.2, 0) is 6.42 Å². The van der Waals surface area contributed by atoms with Gasteiger partial charge in [-0.2, -0.15) is 0 Å². The molecule has 3 nitrogen and oxygen atoms in total. The van der Waals surface area contributed by atoms with E-state index in [9.17, 15) is 5.11 Å². The van der Waals surface area contributed by atoms with Gasteiger partial charge >= 0.3 is 0 Å². The molecule has 0 spiro atoms. The maximum absolute atomic E-state index is 10.7. The highest BCUT2D eigenvalue weighted by atomic mass is 79.9. The normalized spacial score (nSPS) is 30.4. The first-order valence-corrected chi connectivity index (χ1v) is 8.60. The van der Waals surface area contributed by atoms with Gasteiger partial charge in [-0.3, -0.25) is 0 Å². The van der Waals surface area contributed by atoms with E-state index in [4.69, 9.17) is 4.74 Å². The van der Waals surface area contributed by atoms with Crippen LogP contribution >= 0.6 is 15.9 Å². The Labute approximate surface area is 135 Å². The third kappa shape index (κ3) is 3.13. The highest BCUT2D eigenvalue weighted by Gasteiger charge is 2.40. The fourth-order valence-corrected chi connectivity index (χ4v) is 4.40. The van der Waals surface area contributed by atoms with Crippen molar-refractivity contribution in [2.24, 2.45) is 5.92 Å². The van der Waals surface area contributed by atoms with Gasteiger partial charge in [-0.05, 0) is 68.8 Å². The van der Waals surface area contributed by atoms with Crippen molar-refractivity contribution in [1.82, 2.24) is 4.90 Å². The second-order valence-electron chi connectivity index (χ2n) is 6.51. The quantitative estimate of drug-likeness (QED) is 0.901. The van der Waals surface area contributed by atoms with Crippen molar-refractivity contribution in [1.29, 1.82) is 0 Å². The molecule has 0 aromatic heterocycles. The van der Waals surface area contributed by atoms with Gasteiger partial charge in [0.05, 0.1) is 13.2 Å². The number of aliphatic hydroxyl groups is 1. The SMILES string of the molecule is COc1ccc(Br)c(CC(O)C2CC3CCC(C2)N3C)c1. The Morgan fingerprint density at radius 1 is 1.33 bits per heavy atom. The molecule has 0 amide bonds. The zero-order valence-corrected chi connectivity index (χ0v) is 14.3. The lowest BCUT2D eigenvalue weighted by molar-refractivity contribution is 0.0367. The molecule has 2 aliphatic rings. The molecular weight excluding hydrogens is 330 g/mol. The van der Waals surface area contributed by atoms with Crippen LogP contribution < -0.4 is 4.74 Å². The molecule has 2 heterocycles. The van der Waals surface area contributed by atoms with Gasteiger partial charge in [0.2, 0.25) is 0 Å². The second-order valence-corrected chi connectivity index (χ2v) is 7.37. The van der Waals surface area contributed by atoms with Crippen molar-refractivity contribution < 1.29 is 9.84 Å². The van der Waals surface area contributed by atoms with Gasteiger partial charge in [-0.15, -0.1) is 0 Å². The summed E-state index contributed by atoms with van der Waals surface area (Å²) in [6.45, 7) is 0. The number of aliphatic hydroxyl groups excluding tert-OH is 1. The Kier molecular flexibility index (Phi) is 4.57. The smallest absolute Gasteiger partial charge is 0.119 e. The summed E-state index contributed by atoms with van der Waals surface area (Å²) >= 11 is 3.58. The number of rotatable bonds is 4. The van der Waals surface area contributed by atoms with Gasteiger partial charge < -0.3 is 14.7 Å². The maximum atomic E-state index is 10.7. The molecule has 1 N–H and O–H groups in total. The third-order valence-corrected chi connectivity index (χ3v) is 6.13. The molecule has 3 rings (SSSR count). The van der Waals surface area contributed by atoms with E-state index in [1.807, 2.05) is 18.2 Å². The lowest BCUT2D eigenvalue weighted by Crippen LogP contribution is -2.43. The molecule has 0 aliphatic carbocycles. The predicted octanol–water partition coefficient (Wildman–Crippen LogP) is 3.23. The summed E-state index contributed by atoms with van der Waals surface area (Å²) in [7, 11) is 3.92. The van der Waals surface area contributed by atoms with Crippen LogP contribution in [0.4, 0.5) is 0 Å². The standard InChI is InChI=1S/C17H24BrNO2/c1-19-13-3-4-14(19)8-12(7-13)17(20)10-11-9-15(21-2)5-6-16(11)18/h5-6,9,12-14,17,20H,3-4,7-8,10H2,1-2H3. The highest BCUT2D eigenvalue weighted by molar-refractivity contribution is 9.10. The summed E-state index contributed by atoms with van der Waals surface area (Å²) in [6, 6.07) is 7.32. The maximum Gasteiger partial charge on any atom is 0.119 e. The van der Waals surface area contributed by atoms with Crippen LogP contribution in [-0.4, -0.2) is 42.4 Å². The van der Waals surface area contributed by atoms with Crippen molar-refractivity contribution in [3.05, 3.63) is 28.2 Å². The van der Waals surface area contributed by atoms with Gasteiger partial charge in [0, 0.05) is 16.6 Å². The summed E-state index contributed by atoms with van der Waals surface area (Å²) < 4.78 is 6.34. The average molecular weight is 354 g/mol. The van der Waals surface area contributed by atoms with E-state index >= 15 is 0 Å². The molecule has 2 bridgehead atoms. The minimum Gasteiger partial charge on any atom is -0.497 e. The Morgan fingerprint density at radius 2 is 2.00 bits per heavy atom. The number of ether oxygens (including phenoxy) is 1. The fourth-order valence-electron chi connectivity index (χ4n) is 3.99. The van der Waals surface area contributed by atoms with E-state index in [-0.39, 0.29) is 6.10 Å². The van der Waals surface area contributed by atoms with Crippen molar-refractivity contribution in [3.8, 4) is 5.75 Å². The second kappa shape index (κ2) is 6.27. The molecule has 1 aromatic carbocycles. The van der Waals surface area contributed by atoms with E-state index in [0.717, 1.165) is 28.6 Å². The Bertz CT molecular complexity index is 494. The highest BCUT2D eigenvalue weighted by Crippen LogP contribution is 2.39. The number of piperidine rings is 1. The van der Waals surface area contributed by atoms with Crippen molar-refractivity contribution >= 4 is 15.9 Å². The molecule has 2 aliphatic heterocycles. The molecule has 0 radical (unpaired) electrons. The first-order chi connectivity index (χ1) is 10.1. The molecule has 21 heavy (non-hydrogen) atoms. The van der Waals surface area contributed by atoms with Gasteiger partial charge in [0.25, 0.3) is 0 Å². The fraction of sp³-hybridized carbons (Fsp3) is 0.647. The lowest BCUT2D eigenvalue weighted by atomic mass is 9.84. The molecule has 4 heteroatoms. The molecule has 2 saturated heterocycles. The predicted molar refractivity (Wildman–Crippen MR) is 87.7 cm³/mol. The number of hydrogen-bond donors (Lipinski definition) is 1.